The summed E-state index contributed by atoms with van der Waals surface area (Å²) in [6.07, 6.45) is 2.67. The molecule has 1 heterocycles. The summed E-state index contributed by atoms with van der Waals surface area (Å²) in [6.45, 7) is 0. The molecule has 0 aliphatic heterocycles. The Bertz CT molecular complexity index is 1080. The molecule has 0 unspecified atom stereocenters. The van der Waals surface area contributed by atoms with E-state index in [2.05, 4.69) is 10.6 Å². The zero-order valence-electron chi connectivity index (χ0n) is 16.2. The Morgan fingerprint density at radius 3 is 2.32 bits per heavy atom. The molecule has 3 aromatic rings. The van der Waals surface area contributed by atoms with Gasteiger partial charge in [-0.25, -0.2) is 9.18 Å². The minimum atomic E-state index is -1.23. The molecule has 0 radical (unpaired) electrons. The molecule has 3 rings (SSSR count). The van der Waals surface area contributed by atoms with Crippen molar-refractivity contribution in [3.05, 3.63) is 101 Å². The summed E-state index contributed by atoms with van der Waals surface area (Å²) >= 11 is 0. The second kappa shape index (κ2) is 10.0. The Labute approximate surface area is 177 Å². The van der Waals surface area contributed by atoms with Crippen molar-refractivity contribution in [3.63, 3.8) is 0 Å². The molecule has 3 N–H and O–H groups in total. The van der Waals surface area contributed by atoms with Crippen LogP contribution in [0.5, 0.6) is 0 Å². The van der Waals surface area contributed by atoms with Gasteiger partial charge in [0.2, 0.25) is 0 Å². The van der Waals surface area contributed by atoms with Crippen LogP contribution in [0.2, 0.25) is 0 Å². The molecule has 0 saturated carbocycles. The van der Waals surface area contributed by atoms with Crippen molar-refractivity contribution in [3.8, 4) is 0 Å². The van der Waals surface area contributed by atoms with Gasteiger partial charge in [-0.15, -0.1) is 0 Å². The fraction of sp³-hybridized carbons (Fsp3) is 0.0870. The molecule has 8 heteroatoms. The molecule has 0 saturated heterocycles. The lowest BCUT2D eigenvalue weighted by atomic mass is 10.1. The average molecular weight is 422 g/mol. The SMILES string of the molecule is O=C(N[C@@H](Cc1ccccc1)C(=O)O)/C(=C\c1ccc(F)cc1)NC(=O)c1ccco1. The van der Waals surface area contributed by atoms with Crippen LogP contribution in [0.3, 0.4) is 0 Å². The Morgan fingerprint density at radius 2 is 1.71 bits per heavy atom. The number of aliphatic carboxylic acids is 1. The van der Waals surface area contributed by atoms with Gasteiger partial charge < -0.3 is 20.2 Å². The van der Waals surface area contributed by atoms with E-state index in [1.165, 1.54) is 48.7 Å². The summed E-state index contributed by atoms with van der Waals surface area (Å²) in [7, 11) is 0. The Morgan fingerprint density at radius 1 is 1.00 bits per heavy atom. The van der Waals surface area contributed by atoms with Crippen LogP contribution < -0.4 is 10.6 Å². The largest absolute Gasteiger partial charge is 0.480 e. The van der Waals surface area contributed by atoms with E-state index >= 15 is 0 Å². The molecule has 1 aromatic heterocycles. The van der Waals surface area contributed by atoms with E-state index in [1.54, 1.807) is 30.3 Å². The number of benzene rings is 2. The van der Waals surface area contributed by atoms with Crippen molar-refractivity contribution in [2.45, 2.75) is 12.5 Å². The number of furan rings is 1. The highest BCUT2D eigenvalue weighted by Gasteiger charge is 2.24. The van der Waals surface area contributed by atoms with Crippen molar-refractivity contribution < 1.29 is 28.3 Å². The van der Waals surface area contributed by atoms with Crippen molar-refractivity contribution in [1.29, 1.82) is 0 Å². The van der Waals surface area contributed by atoms with Gasteiger partial charge in [0.15, 0.2) is 5.76 Å². The highest BCUT2D eigenvalue weighted by molar-refractivity contribution is 6.05. The number of halogens is 1. The number of hydrogen-bond acceptors (Lipinski definition) is 4. The maximum Gasteiger partial charge on any atom is 0.326 e. The predicted octanol–water partition coefficient (Wildman–Crippen LogP) is 3.00. The maximum atomic E-state index is 13.2. The summed E-state index contributed by atoms with van der Waals surface area (Å²) < 4.78 is 18.2. The van der Waals surface area contributed by atoms with Crippen molar-refractivity contribution in [2.24, 2.45) is 0 Å². The highest BCUT2D eigenvalue weighted by Crippen LogP contribution is 2.10. The molecule has 1 atom stereocenters. The summed E-state index contributed by atoms with van der Waals surface area (Å²) in [5.41, 5.74) is 0.937. The average Bonchev–Trinajstić information content (AvgIpc) is 3.30. The summed E-state index contributed by atoms with van der Waals surface area (Å²) in [6, 6.07) is 15.7. The number of carbonyl (C=O) groups is 3. The first-order valence-electron chi connectivity index (χ1n) is 9.32. The maximum absolute atomic E-state index is 13.2. The molecule has 0 spiro atoms. The number of hydrogen-bond donors (Lipinski definition) is 3. The number of carbonyl (C=O) groups excluding carboxylic acids is 2. The summed E-state index contributed by atoms with van der Waals surface area (Å²) in [5, 5.41) is 14.4. The second-order valence-corrected chi connectivity index (χ2v) is 6.59. The van der Waals surface area contributed by atoms with Gasteiger partial charge in [-0.2, -0.15) is 0 Å². The lowest BCUT2D eigenvalue weighted by molar-refractivity contribution is -0.141. The second-order valence-electron chi connectivity index (χ2n) is 6.59. The quantitative estimate of drug-likeness (QED) is 0.484. The first kappa shape index (κ1) is 21.5. The third-order valence-electron chi connectivity index (χ3n) is 4.30. The van der Waals surface area contributed by atoms with Gasteiger partial charge in [0.1, 0.15) is 17.6 Å². The number of rotatable bonds is 8. The van der Waals surface area contributed by atoms with Gasteiger partial charge >= 0.3 is 5.97 Å². The molecular formula is C23H19FN2O5. The van der Waals surface area contributed by atoms with Crippen LogP contribution in [0.25, 0.3) is 6.08 Å². The molecule has 0 aliphatic carbocycles. The van der Waals surface area contributed by atoms with Gasteiger partial charge in [-0.1, -0.05) is 42.5 Å². The molecule has 2 aromatic carbocycles. The van der Waals surface area contributed by atoms with Crippen LogP contribution in [0.15, 0.2) is 83.1 Å². The molecule has 0 bridgehead atoms. The van der Waals surface area contributed by atoms with Crippen molar-refractivity contribution in [1.82, 2.24) is 10.6 Å². The first-order valence-corrected chi connectivity index (χ1v) is 9.32. The smallest absolute Gasteiger partial charge is 0.326 e. The van der Waals surface area contributed by atoms with Gasteiger partial charge in [0.25, 0.3) is 11.8 Å². The molecule has 158 valence electrons. The van der Waals surface area contributed by atoms with E-state index < -0.39 is 29.6 Å². The minimum Gasteiger partial charge on any atom is -0.480 e. The van der Waals surface area contributed by atoms with Gasteiger partial charge in [-0.05, 0) is 41.5 Å². The normalized spacial score (nSPS) is 12.1. The number of carboxylic acid groups (broad SMARTS) is 1. The number of amides is 2. The van der Waals surface area contributed by atoms with E-state index in [1.807, 2.05) is 0 Å². The molecule has 7 nitrogen and oxygen atoms in total. The van der Waals surface area contributed by atoms with E-state index in [9.17, 15) is 23.9 Å². The molecule has 0 aliphatic rings. The lowest BCUT2D eigenvalue weighted by Crippen LogP contribution is -2.45. The van der Waals surface area contributed by atoms with Crippen molar-refractivity contribution >= 4 is 23.9 Å². The fourth-order valence-electron chi connectivity index (χ4n) is 2.76. The van der Waals surface area contributed by atoms with Crippen molar-refractivity contribution in [2.75, 3.05) is 0 Å². The third-order valence-corrected chi connectivity index (χ3v) is 4.30. The minimum absolute atomic E-state index is 0.0307. The molecule has 2 amide bonds. The van der Waals surface area contributed by atoms with Crippen LogP contribution in [-0.2, 0) is 16.0 Å². The van der Waals surface area contributed by atoms with Gasteiger partial charge in [0.05, 0.1) is 6.26 Å². The monoisotopic (exact) mass is 422 g/mol. The van der Waals surface area contributed by atoms with Crippen LogP contribution in [0, 0.1) is 5.82 Å². The Kier molecular flexibility index (Phi) is 6.95. The van der Waals surface area contributed by atoms with Crippen LogP contribution in [-0.4, -0.2) is 28.9 Å². The fourth-order valence-corrected chi connectivity index (χ4v) is 2.76. The van der Waals surface area contributed by atoms with Crippen LogP contribution >= 0.6 is 0 Å². The Hall–Kier alpha value is -4.20. The van der Waals surface area contributed by atoms with Crippen LogP contribution in [0.4, 0.5) is 4.39 Å². The molecular weight excluding hydrogens is 403 g/mol. The number of carboxylic acids is 1. The van der Waals surface area contributed by atoms with E-state index in [-0.39, 0.29) is 17.9 Å². The lowest BCUT2D eigenvalue weighted by Gasteiger charge is -2.16. The predicted molar refractivity (Wildman–Crippen MR) is 110 cm³/mol. The zero-order chi connectivity index (χ0) is 22.2. The van der Waals surface area contributed by atoms with Gasteiger partial charge in [0, 0.05) is 6.42 Å². The third kappa shape index (κ3) is 6.14. The van der Waals surface area contributed by atoms with E-state index in [0.717, 1.165) is 5.56 Å². The zero-order valence-corrected chi connectivity index (χ0v) is 16.2. The first-order chi connectivity index (χ1) is 14.9. The summed E-state index contributed by atoms with van der Waals surface area (Å²) in [5.74, 6) is -3.22. The molecule has 31 heavy (non-hydrogen) atoms. The van der Waals surface area contributed by atoms with E-state index in [0.29, 0.717) is 5.56 Å². The van der Waals surface area contributed by atoms with Gasteiger partial charge in [-0.3, -0.25) is 9.59 Å². The van der Waals surface area contributed by atoms with E-state index in [4.69, 9.17) is 4.42 Å². The molecule has 0 fully saturated rings. The topological polar surface area (TPSA) is 109 Å². The Balaban J connectivity index is 1.83. The highest BCUT2D eigenvalue weighted by atomic mass is 19.1. The summed E-state index contributed by atoms with van der Waals surface area (Å²) in [4.78, 5) is 36.9. The van der Waals surface area contributed by atoms with Crippen LogP contribution in [0.1, 0.15) is 21.7 Å². The number of nitrogens with one attached hydrogen (secondary N) is 2. The standard InChI is InChI=1S/C23H19FN2O5/c24-17-10-8-16(9-11-17)13-18(25-22(28)20-7-4-12-31-20)21(27)26-19(23(29)30)14-15-5-2-1-3-6-15/h1-13,19H,14H2,(H,25,28)(H,26,27)(H,29,30)/b18-13+/t19-/m0/s1.